The summed E-state index contributed by atoms with van der Waals surface area (Å²) >= 11 is 1.63. The average Bonchev–Trinajstić information content (AvgIpc) is 3.44. The lowest BCUT2D eigenvalue weighted by Crippen LogP contribution is -2.30. The first-order valence-corrected chi connectivity index (χ1v) is 14.4. The zero-order valence-corrected chi connectivity index (χ0v) is 24.2. The van der Waals surface area contributed by atoms with E-state index in [-0.39, 0.29) is 38.1 Å². The maximum atomic E-state index is 13.3. The molecule has 0 radical (unpaired) electrons. The fourth-order valence-electron chi connectivity index (χ4n) is 4.58. The smallest absolute Gasteiger partial charge is 0.337 e. The van der Waals surface area contributed by atoms with Gasteiger partial charge in [0, 0.05) is 23.6 Å². The third kappa shape index (κ3) is 7.21. The van der Waals surface area contributed by atoms with Crippen LogP contribution in [0.15, 0.2) is 78.6 Å². The summed E-state index contributed by atoms with van der Waals surface area (Å²) in [7, 11) is 1.34. The van der Waals surface area contributed by atoms with Crippen LogP contribution in [-0.4, -0.2) is 61.8 Å². The molecular formula is C32H32N2O7S. The molecule has 2 atom stereocenters. The fourth-order valence-corrected chi connectivity index (χ4v) is 5.65. The molecule has 0 bridgehead atoms. The zero-order valence-electron chi connectivity index (χ0n) is 23.4. The van der Waals surface area contributed by atoms with Crippen LogP contribution in [0.3, 0.4) is 0 Å². The van der Waals surface area contributed by atoms with E-state index in [0.717, 1.165) is 26.4 Å². The minimum absolute atomic E-state index is 0.0715. The summed E-state index contributed by atoms with van der Waals surface area (Å²) in [6.07, 6.45) is 1.54. The molecule has 2 N–H and O–H groups in total. The molecule has 1 aliphatic heterocycles. The molecule has 0 spiro atoms. The topological polar surface area (TPSA) is 116 Å². The number of allylic oxidation sites excluding steroid dienone is 1. The Kier molecular flexibility index (Phi) is 9.60. The molecule has 0 fully saturated rings. The van der Waals surface area contributed by atoms with Crippen molar-refractivity contribution in [2.75, 3.05) is 38.9 Å². The second kappa shape index (κ2) is 13.7. The number of benzene rings is 3. The molecule has 2 unspecified atom stereocenters. The van der Waals surface area contributed by atoms with Crippen LogP contribution in [0.5, 0.6) is 0 Å². The number of anilines is 1. The molecule has 1 aliphatic rings. The number of nitrogens with zero attached hydrogens (tertiary/aromatic N) is 1. The molecule has 2 heterocycles. The van der Waals surface area contributed by atoms with Crippen LogP contribution in [0.4, 0.5) is 5.69 Å². The molecule has 42 heavy (non-hydrogen) atoms. The van der Waals surface area contributed by atoms with E-state index in [0.29, 0.717) is 17.7 Å². The summed E-state index contributed by atoms with van der Waals surface area (Å²) in [6.45, 7) is 2.73. The normalized spacial score (nSPS) is 16.5. The van der Waals surface area contributed by atoms with Crippen LogP contribution in [0.1, 0.15) is 33.8 Å². The third-order valence-electron chi connectivity index (χ3n) is 6.74. The first-order chi connectivity index (χ1) is 20.4. The monoisotopic (exact) mass is 588 g/mol. The number of carbonyl (C=O) groups excluding carboxylic acids is 2. The van der Waals surface area contributed by atoms with Crippen molar-refractivity contribution in [2.24, 2.45) is 0 Å². The predicted molar refractivity (Wildman–Crippen MR) is 160 cm³/mol. The van der Waals surface area contributed by atoms with Crippen LogP contribution in [0.2, 0.25) is 0 Å². The molecule has 10 heteroatoms. The first kappa shape index (κ1) is 29.4. The third-order valence-corrected chi connectivity index (χ3v) is 7.81. The van der Waals surface area contributed by atoms with E-state index in [1.165, 1.54) is 12.7 Å². The Balaban J connectivity index is 1.30. The number of aromatic nitrogens is 1. The van der Waals surface area contributed by atoms with Crippen molar-refractivity contribution in [1.29, 1.82) is 0 Å². The number of ether oxygens (including phenoxy) is 4. The molecule has 5 rings (SSSR count). The van der Waals surface area contributed by atoms with Gasteiger partial charge in [-0.25, -0.2) is 9.78 Å². The number of hydrogen-bond donors (Lipinski definition) is 2. The van der Waals surface area contributed by atoms with Gasteiger partial charge >= 0.3 is 5.97 Å². The predicted octanol–water partition coefficient (Wildman–Crippen LogP) is 5.44. The number of hydrogen-bond acceptors (Lipinski definition) is 9. The van der Waals surface area contributed by atoms with Gasteiger partial charge in [-0.2, -0.15) is 0 Å². The number of aliphatic hydroxyl groups is 1. The van der Waals surface area contributed by atoms with Crippen LogP contribution in [-0.2, 0) is 23.7 Å². The highest BCUT2D eigenvalue weighted by Crippen LogP contribution is 2.33. The van der Waals surface area contributed by atoms with Crippen molar-refractivity contribution in [3.8, 4) is 10.6 Å². The number of carbonyl (C=O) groups is 2. The molecule has 1 amide bonds. The van der Waals surface area contributed by atoms with E-state index in [4.69, 9.17) is 29.0 Å². The summed E-state index contributed by atoms with van der Waals surface area (Å²) in [5.41, 5.74) is 5.07. The summed E-state index contributed by atoms with van der Waals surface area (Å²) in [5, 5.41) is 12.7. The second-order valence-electron chi connectivity index (χ2n) is 9.76. The number of rotatable bonds is 11. The molecule has 9 nitrogen and oxygen atoms in total. The summed E-state index contributed by atoms with van der Waals surface area (Å²) in [4.78, 5) is 29.9. The maximum Gasteiger partial charge on any atom is 0.337 e. The van der Waals surface area contributed by atoms with Gasteiger partial charge in [0.15, 0.2) is 5.76 Å². The standard InChI is InChI=1S/C32H32N2O7S/c1-20-3-12-26-28(17-20)42-31(34-26)22-8-10-25(11-9-22)33-30(36)27-18-24(19-29(41-27)40-16-15-39-14-13-35)21-4-6-23(7-5-21)32(37)38-2/h3-12,17-18,24,29,35H,13-16,19H2,1-2H3,(H,33,36). The van der Waals surface area contributed by atoms with Gasteiger partial charge in [-0.15, -0.1) is 11.3 Å². The van der Waals surface area contributed by atoms with E-state index >= 15 is 0 Å². The number of esters is 1. The SMILES string of the molecule is COC(=O)c1ccc(C2C=C(C(=O)Nc3ccc(-c4nc5ccc(C)cc5s4)cc3)OC(OCCOCCO)C2)cc1. The van der Waals surface area contributed by atoms with Crippen molar-refractivity contribution in [1.82, 2.24) is 4.98 Å². The van der Waals surface area contributed by atoms with Crippen molar-refractivity contribution in [3.63, 3.8) is 0 Å². The number of amides is 1. The summed E-state index contributed by atoms with van der Waals surface area (Å²) in [6, 6.07) is 20.8. The van der Waals surface area contributed by atoms with E-state index in [1.807, 2.05) is 42.5 Å². The van der Waals surface area contributed by atoms with E-state index in [2.05, 4.69) is 24.4 Å². The van der Waals surface area contributed by atoms with E-state index in [1.54, 1.807) is 29.5 Å². The molecule has 3 aromatic carbocycles. The number of aliphatic hydroxyl groups excluding tert-OH is 1. The van der Waals surface area contributed by atoms with Crippen molar-refractivity contribution >= 4 is 39.1 Å². The summed E-state index contributed by atoms with van der Waals surface area (Å²) in [5.74, 6) is -0.883. The molecular weight excluding hydrogens is 556 g/mol. The number of aryl methyl sites for hydroxylation is 1. The number of methoxy groups -OCH3 is 1. The second-order valence-corrected chi connectivity index (χ2v) is 10.8. The van der Waals surface area contributed by atoms with Crippen LogP contribution >= 0.6 is 11.3 Å². The molecule has 4 aromatic rings. The minimum Gasteiger partial charge on any atom is -0.465 e. The Hall–Kier alpha value is -4.09. The number of thiazole rings is 1. The highest BCUT2D eigenvalue weighted by molar-refractivity contribution is 7.21. The van der Waals surface area contributed by atoms with Crippen LogP contribution in [0, 0.1) is 6.92 Å². The molecule has 0 saturated heterocycles. The van der Waals surface area contributed by atoms with Gasteiger partial charge in [-0.3, -0.25) is 4.79 Å². The van der Waals surface area contributed by atoms with Gasteiger partial charge < -0.3 is 29.4 Å². The van der Waals surface area contributed by atoms with Gasteiger partial charge in [0.1, 0.15) is 5.01 Å². The summed E-state index contributed by atoms with van der Waals surface area (Å²) < 4.78 is 23.0. The van der Waals surface area contributed by atoms with Crippen molar-refractivity contribution < 1.29 is 33.6 Å². The highest BCUT2D eigenvalue weighted by Gasteiger charge is 2.29. The minimum atomic E-state index is -0.691. The van der Waals surface area contributed by atoms with Crippen LogP contribution in [0.25, 0.3) is 20.8 Å². The van der Waals surface area contributed by atoms with Gasteiger partial charge in [0.25, 0.3) is 5.91 Å². The highest BCUT2D eigenvalue weighted by atomic mass is 32.1. The van der Waals surface area contributed by atoms with Gasteiger partial charge in [0.2, 0.25) is 6.29 Å². The van der Waals surface area contributed by atoms with E-state index < -0.39 is 18.2 Å². The average molecular weight is 589 g/mol. The van der Waals surface area contributed by atoms with Crippen molar-refractivity contribution in [3.05, 3.63) is 95.3 Å². The quantitative estimate of drug-likeness (QED) is 0.176. The molecule has 0 saturated carbocycles. The van der Waals surface area contributed by atoms with Gasteiger partial charge in [0.05, 0.1) is 49.3 Å². The first-order valence-electron chi connectivity index (χ1n) is 13.6. The molecule has 218 valence electrons. The number of nitrogens with one attached hydrogen (secondary N) is 1. The lowest BCUT2D eigenvalue weighted by molar-refractivity contribution is -0.148. The lowest BCUT2D eigenvalue weighted by Gasteiger charge is -2.29. The zero-order chi connectivity index (χ0) is 29.5. The Morgan fingerprint density at radius 1 is 1.05 bits per heavy atom. The van der Waals surface area contributed by atoms with Gasteiger partial charge in [-0.05, 0) is 72.7 Å². The van der Waals surface area contributed by atoms with Crippen LogP contribution < -0.4 is 5.32 Å². The Morgan fingerprint density at radius 2 is 1.83 bits per heavy atom. The maximum absolute atomic E-state index is 13.3. The van der Waals surface area contributed by atoms with E-state index in [9.17, 15) is 9.59 Å². The Morgan fingerprint density at radius 3 is 2.57 bits per heavy atom. The molecule has 1 aromatic heterocycles. The lowest BCUT2D eigenvalue weighted by atomic mass is 9.92. The van der Waals surface area contributed by atoms with Crippen molar-refractivity contribution in [2.45, 2.75) is 25.6 Å². The Bertz CT molecular complexity index is 1560. The number of fused-ring (bicyclic) bond motifs is 1. The molecule has 0 aliphatic carbocycles. The fraction of sp³-hybridized carbons (Fsp3) is 0.281. The largest absolute Gasteiger partial charge is 0.465 e. The van der Waals surface area contributed by atoms with Gasteiger partial charge in [-0.1, -0.05) is 18.2 Å². The Labute approximate surface area is 247 Å².